The predicted molar refractivity (Wildman–Crippen MR) is 114 cm³/mol. The molecule has 9 heteroatoms. The van der Waals surface area contributed by atoms with Crippen molar-refractivity contribution in [2.75, 3.05) is 39.8 Å². The highest BCUT2D eigenvalue weighted by molar-refractivity contribution is 5.55. The second-order valence-electron chi connectivity index (χ2n) is 7.99. The van der Waals surface area contributed by atoms with E-state index in [1.54, 1.807) is 12.1 Å². The molecule has 2 aliphatic heterocycles. The lowest BCUT2D eigenvalue weighted by Gasteiger charge is -2.45. The molecule has 2 aromatic carbocycles. The lowest BCUT2D eigenvalue weighted by Crippen LogP contribution is -2.57. The predicted octanol–water partition coefficient (Wildman–Crippen LogP) is 2.96. The zero-order valence-electron chi connectivity index (χ0n) is 18.1. The average Bonchev–Trinajstić information content (AvgIpc) is 2.81. The van der Waals surface area contributed by atoms with Gasteiger partial charge in [0.05, 0.1) is 23.8 Å². The minimum atomic E-state index is -0.805. The van der Waals surface area contributed by atoms with Crippen molar-refractivity contribution in [3.05, 3.63) is 70.0 Å². The fraction of sp³-hybridized carbons (Fsp3) is 0.375. The van der Waals surface area contributed by atoms with E-state index < -0.39 is 17.5 Å². The van der Waals surface area contributed by atoms with Crippen LogP contribution in [0.15, 0.2) is 30.3 Å². The fourth-order valence-corrected chi connectivity index (χ4v) is 3.89. The van der Waals surface area contributed by atoms with Crippen molar-refractivity contribution in [1.82, 2.24) is 9.80 Å². The number of carbonyl (C=O) groups excluding carboxylic acids is 1. The maximum absolute atomic E-state index is 13.4. The lowest BCUT2D eigenvalue weighted by molar-refractivity contribution is -0.107. The average molecular weight is 456 g/mol. The van der Waals surface area contributed by atoms with Crippen molar-refractivity contribution in [2.45, 2.75) is 18.6 Å². The van der Waals surface area contributed by atoms with Crippen molar-refractivity contribution in [3.63, 3.8) is 0 Å². The second kappa shape index (κ2) is 11.1. The number of rotatable bonds is 3. The number of morpholine rings is 1. The Morgan fingerprint density at radius 1 is 1.03 bits per heavy atom. The van der Waals surface area contributed by atoms with Crippen LogP contribution >= 0.6 is 0 Å². The monoisotopic (exact) mass is 456 g/mol. The van der Waals surface area contributed by atoms with Gasteiger partial charge in [0.25, 0.3) is 0 Å². The number of piperazine rings is 1. The molecule has 4 rings (SSSR count). The minimum absolute atomic E-state index is 0.0356. The number of benzene rings is 2. The molecule has 33 heavy (non-hydrogen) atoms. The summed E-state index contributed by atoms with van der Waals surface area (Å²) in [4.78, 5) is 14.8. The number of carbonyl (C=O) groups is 1. The number of halogens is 3. The van der Waals surface area contributed by atoms with Gasteiger partial charge in [0.1, 0.15) is 35.9 Å². The van der Waals surface area contributed by atoms with Crippen LogP contribution in [0.2, 0.25) is 0 Å². The summed E-state index contributed by atoms with van der Waals surface area (Å²) in [5, 5.41) is 17.2. The molecule has 2 saturated heterocycles. The number of hydrogen-bond donors (Lipinski definition) is 0. The number of nitrogens with zero attached hydrogens (tertiary/aromatic N) is 4. The first-order valence-corrected chi connectivity index (χ1v) is 10.4. The van der Waals surface area contributed by atoms with E-state index in [-0.39, 0.29) is 29.2 Å². The van der Waals surface area contributed by atoms with Crippen molar-refractivity contribution in [3.8, 4) is 12.1 Å². The summed E-state index contributed by atoms with van der Waals surface area (Å²) in [6.07, 6.45) is 0.223. The Labute approximate surface area is 190 Å². The maximum atomic E-state index is 13.4. The number of ether oxygens (including phenoxy) is 1. The van der Waals surface area contributed by atoms with Crippen LogP contribution in [-0.4, -0.2) is 62.0 Å². The van der Waals surface area contributed by atoms with Gasteiger partial charge in [-0.1, -0.05) is 6.07 Å². The molecule has 2 fully saturated rings. The summed E-state index contributed by atoms with van der Waals surface area (Å²) in [6.45, 7) is 4.63. The van der Waals surface area contributed by atoms with E-state index in [0.717, 1.165) is 43.9 Å². The van der Waals surface area contributed by atoms with Crippen molar-refractivity contribution in [1.29, 1.82) is 10.5 Å². The molecule has 0 spiro atoms. The summed E-state index contributed by atoms with van der Waals surface area (Å²) >= 11 is 0. The molecule has 2 heterocycles. The van der Waals surface area contributed by atoms with Gasteiger partial charge >= 0.3 is 0 Å². The Balaban J connectivity index is 0.000000205. The SMILES string of the molecule is CN1CCN2CC(c3ccc(F)c(C#N)c3)OCC2C1.N#Cc1cc(F)c(CC=O)cc1F. The number of likely N-dealkylation sites (N-methyl/N-ethyl adjacent to an activating group) is 1. The minimum Gasteiger partial charge on any atom is -0.371 e. The van der Waals surface area contributed by atoms with Crippen LogP contribution in [0.25, 0.3) is 0 Å². The van der Waals surface area contributed by atoms with E-state index in [0.29, 0.717) is 18.9 Å². The van der Waals surface area contributed by atoms with Gasteiger partial charge in [-0.25, -0.2) is 13.2 Å². The molecule has 2 aromatic rings. The third-order valence-corrected chi connectivity index (χ3v) is 5.74. The molecule has 2 aliphatic rings. The van der Waals surface area contributed by atoms with Crippen LogP contribution in [0, 0.1) is 40.1 Å². The van der Waals surface area contributed by atoms with Gasteiger partial charge in [0.15, 0.2) is 0 Å². The van der Waals surface area contributed by atoms with E-state index in [2.05, 4.69) is 16.8 Å². The number of nitriles is 2. The van der Waals surface area contributed by atoms with Gasteiger partial charge in [0, 0.05) is 38.6 Å². The fourth-order valence-electron chi connectivity index (χ4n) is 3.89. The van der Waals surface area contributed by atoms with Crippen molar-refractivity contribution < 1.29 is 22.7 Å². The van der Waals surface area contributed by atoms with Gasteiger partial charge in [-0.05, 0) is 42.4 Å². The summed E-state index contributed by atoms with van der Waals surface area (Å²) in [5.74, 6) is -2.00. The van der Waals surface area contributed by atoms with Crippen LogP contribution in [0.1, 0.15) is 28.4 Å². The molecule has 0 radical (unpaired) electrons. The molecule has 0 bridgehead atoms. The summed E-state index contributed by atoms with van der Waals surface area (Å²) < 4.78 is 45.1. The topological polar surface area (TPSA) is 80.4 Å². The Morgan fingerprint density at radius 3 is 2.45 bits per heavy atom. The van der Waals surface area contributed by atoms with Gasteiger partial charge < -0.3 is 14.4 Å². The molecule has 0 N–H and O–H groups in total. The number of aldehydes is 1. The van der Waals surface area contributed by atoms with Crippen LogP contribution in [0.3, 0.4) is 0 Å². The third kappa shape index (κ3) is 5.96. The molecule has 2 atom stereocenters. The Bertz CT molecular complexity index is 1100. The smallest absolute Gasteiger partial charge is 0.141 e. The summed E-state index contributed by atoms with van der Waals surface area (Å²) in [6, 6.07) is 10.2. The lowest BCUT2D eigenvalue weighted by atomic mass is 10.0. The zero-order valence-corrected chi connectivity index (χ0v) is 18.1. The molecule has 6 nitrogen and oxygen atoms in total. The molecular weight excluding hydrogens is 433 g/mol. The largest absolute Gasteiger partial charge is 0.371 e. The Kier molecular flexibility index (Phi) is 8.18. The van der Waals surface area contributed by atoms with E-state index >= 15 is 0 Å². The van der Waals surface area contributed by atoms with Gasteiger partial charge in [-0.3, -0.25) is 4.90 Å². The van der Waals surface area contributed by atoms with Gasteiger partial charge in [-0.15, -0.1) is 0 Å². The molecule has 0 aliphatic carbocycles. The van der Waals surface area contributed by atoms with Gasteiger partial charge in [-0.2, -0.15) is 10.5 Å². The van der Waals surface area contributed by atoms with E-state index in [1.807, 2.05) is 6.07 Å². The molecule has 2 unspecified atom stereocenters. The highest BCUT2D eigenvalue weighted by Gasteiger charge is 2.33. The molecule has 0 saturated carbocycles. The van der Waals surface area contributed by atoms with E-state index in [4.69, 9.17) is 15.3 Å². The quantitative estimate of drug-likeness (QED) is 0.661. The van der Waals surface area contributed by atoms with E-state index in [1.165, 1.54) is 12.1 Å². The van der Waals surface area contributed by atoms with Crippen molar-refractivity contribution >= 4 is 6.29 Å². The highest BCUT2D eigenvalue weighted by atomic mass is 19.1. The molecular formula is C24H23F3N4O2. The molecule has 172 valence electrons. The number of fused-ring (bicyclic) bond motifs is 1. The first kappa shape index (κ1) is 24.4. The van der Waals surface area contributed by atoms with E-state index in [9.17, 15) is 18.0 Å². The Hall–Kier alpha value is -3.24. The third-order valence-electron chi connectivity index (χ3n) is 5.74. The summed E-state index contributed by atoms with van der Waals surface area (Å²) in [7, 11) is 2.13. The second-order valence-corrected chi connectivity index (χ2v) is 7.99. The molecule has 0 aromatic heterocycles. The maximum Gasteiger partial charge on any atom is 0.141 e. The molecule has 0 amide bonds. The highest BCUT2D eigenvalue weighted by Crippen LogP contribution is 2.27. The number of hydrogen-bond acceptors (Lipinski definition) is 6. The van der Waals surface area contributed by atoms with Crippen LogP contribution in [0.5, 0.6) is 0 Å². The first-order valence-electron chi connectivity index (χ1n) is 10.4. The Morgan fingerprint density at radius 2 is 1.76 bits per heavy atom. The van der Waals surface area contributed by atoms with Crippen LogP contribution in [-0.2, 0) is 16.0 Å². The van der Waals surface area contributed by atoms with Crippen LogP contribution in [0.4, 0.5) is 13.2 Å². The van der Waals surface area contributed by atoms with Crippen LogP contribution < -0.4 is 0 Å². The first-order chi connectivity index (χ1) is 15.9. The van der Waals surface area contributed by atoms with Crippen molar-refractivity contribution in [2.24, 2.45) is 0 Å². The zero-order chi connectivity index (χ0) is 24.0. The van der Waals surface area contributed by atoms with Gasteiger partial charge in [0.2, 0.25) is 0 Å². The standard InChI is InChI=1S/C15H18FN3O.C9H5F2NO/c1-18-4-5-19-9-15(20-10-13(19)8-18)11-2-3-14(16)12(6-11)7-17;10-8-4-7(5-12)9(11)3-6(8)1-2-13/h2-3,6,13,15H,4-5,8-10H2,1H3;2-4H,1H2. The normalized spacial score (nSPS) is 20.5. The summed E-state index contributed by atoms with van der Waals surface area (Å²) in [5.41, 5.74) is 0.588.